The van der Waals surface area contributed by atoms with Crippen LogP contribution in [-0.4, -0.2) is 53.6 Å². The van der Waals surface area contributed by atoms with Crippen LogP contribution < -0.4 is 9.46 Å². The molecule has 2 saturated carbocycles. The summed E-state index contributed by atoms with van der Waals surface area (Å²) in [6, 6.07) is 3.18. The summed E-state index contributed by atoms with van der Waals surface area (Å²) in [5.74, 6) is 0.708. The van der Waals surface area contributed by atoms with Crippen LogP contribution >= 0.6 is 23.9 Å². The molecule has 4 fully saturated rings. The molecule has 2 aliphatic carbocycles. The van der Waals surface area contributed by atoms with Crippen LogP contribution in [0.25, 0.3) is 0 Å². The van der Waals surface area contributed by atoms with E-state index in [1.54, 1.807) is 6.07 Å². The van der Waals surface area contributed by atoms with E-state index in [0.717, 1.165) is 83.2 Å². The Hall–Kier alpha value is -0.960. The van der Waals surface area contributed by atoms with Crippen molar-refractivity contribution in [3.63, 3.8) is 0 Å². The van der Waals surface area contributed by atoms with Crippen molar-refractivity contribution in [1.29, 1.82) is 0 Å². The topological polar surface area (TPSA) is 50.8 Å². The van der Waals surface area contributed by atoms with E-state index in [1.165, 1.54) is 18.0 Å². The van der Waals surface area contributed by atoms with E-state index in [2.05, 4.69) is 9.03 Å². The molecule has 1 aromatic rings. The standard InChI is InChI=1S/C24H33FN2O3S2/c25-22-14-23(20(17-1-2-17)13-21(22)24(28)26-31-18-3-4-18)30-15-16-5-9-27(10-6-16)32-19-7-11-29-12-8-19/h13-14,16-19H,1-12,15H2,(H,26,28). The Morgan fingerprint density at radius 1 is 1.06 bits per heavy atom. The van der Waals surface area contributed by atoms with Crippen molar-refractivity contribution in [3.05, 3.63) is 29.1 Å². The second kappa shape index (κ2) is 10.5. The van der Waals surface area contributed by atoms with Crippen LogP contribution in [0.2, 0.25) is 0 Å². The molecular formula is C24H33FN2O3S2. The maximum atomic E-state index is 14.8. The minimum atomic E-state index is -0.485. The number of amides is 1. The lowest BCUT2D eigenvalue weighted by atomic mass is 9.99. The second-order valence-corrected chi connectivity index (χ2v) is 12.0. The van der Waals surface area contributed by atoms with Crippen molar-refractivity contribution in [1.82, 2.24) is 9.03 Å². The van der Waals surface area contributed by atoms with E-state index in [4.69, 9.17) is 9.47 Å². The minimum absolute atomic E-state index is 0.144. The lowest BCUT2D eigenvalue weighted by molar-refractivity contribution is 0.0979. The Morgan fingerprint density at radius 2 is 1.81 bits per heavy atom. The molecule has 0 spiro atoms. The zero-order valence-electron chi connectivity index (χ0n) is 18.5. The molecule has 4 aliphatic rings. The predicted molar refractivity (Wildman–Crippen MR) is 128 cm³/mol. The van der Waals surface area contributed by atoms with Gasteiger partial charge in [0.25, 0.3) is 5.91 Å². The van der Waals surface area contributed by atoms with Gasteiger partial charge in [0.15, 0.2) is 0 Å². The maximum absolute atomic E-state index is 14.8. The average molecular weight is 481 g/mol. The maximum Gasteiger partial charge on any atom is 0.264 e. The number of hydrogen-bond acceptors (Lipinski definition) is 6. The van der Waals surface area contributed by atoms with Gasteiger partial charge in [0.05, 0.1) is 12.2 Å². The number of ether oxygens (including phenoxy) is 2. The highest BCUT2D eigenvalue weighted by molar-refractivity contribution is 7.98. The lowest BCUT2D eigenvalue weighted by Crippen LogP contribution is -2.33. The Kier molecular flexibility index (Phi) is 7.51. The second-order valence-electron chi connectivity index (χ2n) is 9.49. The van der Waals surface area contributed by atoms with Crippen LogP contribution in [0.4, 0.5) is 4.39 Å². The number of benzene rings is 1. The summed E-state index contributed by atoms with van der Waals surface area (Å²) in [5.41, 5.74) is 1.14. The fraction of sp³-hybridized carbons (Fsp3) is 0.708. The van der Waals surface area contributed by atoms with Crippen LogP contribution in [-0.2, 0) is 4.74 Å². The highest BCUT2D eigenvalue weighted by Gasteiger charge is 2.31. The van der Waals surface area contributed by atoms with Crippen molar-refractivity contribution in [2.75, 3.05) is 32.9 Å². The van der Waals surface area contributed by atoms with E-state index in [-0.39, 0.29) is 11.5 Å². The largest absolute Gasteiger partial charge is 0.493 e. The summed E-state index contributed by atoms with van der Waals surface area (Å²) in [6.07, 6.45) is 8.93. The van der Waals surface area contributed by atoms with Crippen LogP contribution in [0.1, 0.15) is 73.2 Å². The quantitative estimate of drug-likeness (QED) is 0.493. The molecule has 176 valence electrons. The third-order valence-electron chi connectivity index (χ3n) is 6.72. The van der Waals surface area contributed by atoms with Crippen LogP contribution in [0, 0.1) is 11.7 Å². The van der Waals surface area contributed by atoms with Gasteiger partial charge in [0.1, 0.15) is 11.6 Å². The SMILES string of the molecule is O=C(NSC1CC1)c1cc(C2CC2)c(OCC2CCN(SC3CCOCC3)CC2)cc1F. The first-order chi connectivity index (χ1) is 15.7. The highest BCUT2D eigenvalue weighted by Crippen LogP contribution is 2.45. The first-order valence-corrected chi connectivity index (χ1v) is 13.8. The highest BCUT2D eigenvalue weighted by atomic mass is 32.2. The van der Waals surface area contributed by atoms with Gasteiger partial charge in [-0.3, -0.25) is 13.8 Å². The van der Waals surface area contributed by atoms with Gasteiger partial charge in [0.2, 0.25) is 0 Å². The number of nitrogens with one attached hydrogen (secondary N) is 1. The zero-order valence-corrected chi connectivity index (χ0v) is 20.2. The lowest BCUT2D eigenvalue weighted by Gasteiger charge is -2.34. The molecule has 1 aromatic carbocycles. The number of nitrogens with zero attached hydrogens (tertiary/aromatic N) is 1. The molecule has 5 nitrogen and oxygen atoms in total. The molecule has 0 radical (unpaired) electrons. The van der Waals surface area contributed by atoms with Gasteiger partial charge in [-0.05, 0) is 86.8 Å². The third-order valence-corrected chi connectivity index (χ3v) is 9.26. The van der Waals surface area contributed by atoms with Crippen molar-refractivity contribution in [2.45, 2.75) is 67.8 Å². The van der Waals surface area contributed by atoms with E-state index >= 15 is 0 Å². The molecule has 0 unspecified atom stereocenters. The van der Waals surface area contributed by atoms with Gasteiger partial charge in [-0.1, -0.05) is 11.9 Å². The number of rotatable bonds is 9. The zero-order chi connectivity index (χ0) is 21.9. The van der Waals surface area contributed by atoms with E-state index in [9.17, 15) is 9.18 Å². The average Bonchev–Trinajstić information content (AvgIpc) is 3.72. The van der Waals surface area contributed by atoms with E-state index in [0.29, 0.717) is 34.7 Å². The summed E-state index contributed by atoms with van der Waals surface area (Å²) in [6.45, 7) is 4.57. The van der Waals surface area contributed by atoms with Crippen molar-refractivity contribution < 1.29 is 18.7 Å². The fourth-order valence-electron chi connectivity index (χ4n) is 4.34. The van der Waals surface area contributed by atoms with Gasteiger partial charge in [0, 0.05) is 42.9 Å². The molecule has 0 atom stereocenters. The molecule has 2 saturated heterocycles. The monoisotopic (exact) mass is 480 g/mol. The Labute approximate surface area is 198 Å². The smallest absolute Gasteiger partial charge is 0.264 e. The number of hydrogen-bond donors (Lipinski definition) is 1. The normalized spacial score (nSPS) is 23.3. The predicted octanol–water partition coefficient (Wildman–Crippen LogP) is 5.16. The van der Waals surface area contributed by atoms with Crippen LogP contribution in [0.3, 0.4) is 0 Å². The molecule has 0 aromatic heterocycles. The van der Waals surface area contributed by atoms with Gasteiger partial charge >= 0.3 is 0 Å². The van der Waals surface area contributed by atoms with Crippen LogP contribution in [0.5, 0.6) is 5.75 Å². The Morgan fingerprint density at radius 3 is 2.50 bits per heavy atom. The summed E-state index contributed by atoms with van der Waals surface area (Å²) < 4.78 is 31.7. The van der Waals surface area contributed by atoms with Crippen molar-refractivity contribution in [2.24, 2.45) is 5.92 Å². The molecule has 2 aliphatic heterocycles. The summed E-state index contributed by atoms with van der Waals surface area (Å²) in [4.78, 5) is 12.5. The van der Waals surface area contributed by atoms with E-state index in [1.807, 2.05) is 11.9 Å². The first-order valence-electron chi connectivity index (χ1n) is 12.1. The van der Waals surface area contributed by atoms with Crippen molar-refractivity contribution >= 4 is 29.8 Å². The Bertz CT molecular complexity index is 805. The van der Waals surface area contributed by atoms with Gasteiger partial charge < -0.3 is 9.47 Å². The number of halogens is 1. The molecule has 1 N–H and O–H groups in total. The fourth-order valence-corrected chi connectivity index (χ4v) is 6.35. The van der Waals surface area contributed by atoms with E-state index < -0.39 is 5.82 Å². The number of carbonyl (C=O) groups is 1. The van der Waals surface area contributed by atoms with Crippen molar-refractivity contribution in [3.8, 4) is 5.75 Å². The summed E-state index contributed by atoms with van der Waals surface area (Å²) in [5, 5.41) is 1.19. The molecule has 32 heavy (non-hydrogen) atoms. The van der Waals surface area contributed by atoms with Gasteiger partial charge in [-0.2, -0.15) is 0 Å². The molecule has 0 bridgehead atoms. The first kappa shape index (κ1) is 22.8. The molecule has 1 amide bonds. The van der Waals surface area contributed by atoms with Gasteiger partial charge in [-0.25, -0.2) is 4.39 Å². The molecule has 5 rings (SSSR count). The molecule has 2 heterocycles. The summed E-state index contributed by atoms with van der Waals surface area (Å²) >= 11 is 3.43. The minimum Gasteiger partial charge on any atom is -0.493 e. The summed E-state index contributed by atoms with van der Waals surface area (Å²) in [7, 11) is 0. The number of carbonyl (C=O) groups excluding carboxylic acids is 1. The molecule has 8 heteroatoms. The number of piperidine rings is 1. The van der Waals surface area contributed by atoms with Crippen LogP contribution in [0.15, 0.2) is 12.1 Å². The Balaban J connectivity index is 1.14. The van der Waals surface area contributed by atoms with Gasteiger partial charge in [-0.15, -0.1) is 0 Å². The molecular weight excluding hydrogens is 447 g/mol. The third kappa shape index (κ3) is 6.13.